The summed E-state index contributed by atoms with van der Waals surface area (Å²) in [5.74, 6) is -2.83. The van der Waals surface area contributed by atoms with Gasteiger partial charge in [-0.1, -0.05) is 4.68 Å². The number of carbonyl (C=O) groups is 4. The van der Waals surface area contributed by atoms with Gasteiger partial charge in [0.15, 0.2) is 6.54 Å². The average molecular weight is 522 g/mol. The molecule has 0 saturated carbocycles. The van der Waals surface area contributed by atoms with Gasteiger partial charge in [0.05, 0.1) is 19.4 Å². The van der Waals surface area contributed by atoms with Gasteiger partial charge in [0.1, 0.15) is 5.56 Å². The lowest BCUT2D eigenvalue weighted by atomic mass is 9.92. The van der Waals surface area contributed by atoms with E-state index in [9.17, 15) is 19.2 Å². The number of aryl methyl sites for hydroxylation is 1. The Morgan fingerprint density at radius 1 is 1.14 bits per heavy atom. The van der Waals surface area contributed by atoms with Crippen LogP contribution in [0.25, 0.3) is 0 Å². The molecule has 1 rings (SSSR count). The molecule has 0 aromatic carbocycles. The SMILES string of the molecule is CCOC(=O)C(CCCC[n+]1cc(C(N)=O)ccn1)(NC(C)=O)C(=O)OCC.[I-]. The lowest BCUT2D eigenvalue weighted by molar-refractivity contribution is -0.754. The number of unbranched alkanes of at least 4 members (excludes halogenated alkanes) is 1. The van der Waals surface area contributed by atoms with E-state index < -0.39 is 29.3 Å². The molecular formula is C18H27IN4O6. The molecule has 0 unspecified atom stereocenters. The van der Waals surface area contributed by atoms with E-state index >= 15 is 0 Å². The Balaban J connectivity index is 0.00000784. The van der Waals surface area contributed by atoms with Gasteiger partial charge in [-0.2, -0.15) is 0 Å². The third kappa shape index (κ3) is 7.91. The largest absolute Gasteiger partial charge is 1.00 e. The van der Waals surface area contributed by atoms with Crippen LogP contribution >= 0.6 is 0 Å². The number of amides is 2. The monoisotopic (exact) mass is 522 g/mol. The molecule has 2 amide bonds. The van der Waals surface area contributed by atoms with E-state index in [1.165, 1.54) is 30.1 Å². The van der Waals surface area contributed by atoms with Crippen LogP contribution in [0, 0.1) is 0 Å². The smallest absolute Gasteiger partial charge is 0.343 e. The maximum atomic E-state index is 12.5. The summed E-state index contributed by atoms with van der Waals surface area (Å²) in [6.07, 6.45) is 3.87. The number of carbonyl (C=O) groups excluding carboxylic acids is 4. The lowest BCUT2D eigenvalue weighted by Crippen LogP contribution is -3.00. The predicted octanol–water partition coefficient (Wildman–Crippen LogP) is -3.36. The Hall–Kier alpha value is -2.31. The zero-order valence-electron chi connectivity index (χ0n) is 16.8. The summed E-state index contributed by atoms with van der Waals surface area (Å²) in [6, 6.07) is 1.50. The molecule has 0 atom stereocenters. The Morgan fingerprint density at radius 3 is 2.21 bits per heavy atom. The molecule has 0 fully saturated rings. The van der Waals surface area contributed by atoms with Gasteiger partial charge in [0.25, 0.3) is 5.91 Å². The van der Waals surface area contributed by atoms with Crippen LogP contribution in [0.2, 0.25) is 0 Å². The number of ether oxygens (including phenoxy) is 2. The molecule has 1 aromatic heterocycles. The Kier molecular flexibility index (Phi) is 12.0. The Labute approximate surface area is 186 Å². The van der Waals surface area contributed by atoms with Crippen molar-refractivity contribution in [3.05, 3.63) is 24.0 Å². The molecule has 11 heteroatoms. The third-order valence-corrected chi connectivity index (χ3v) is 3.87. The molecule has 0 aliphatic heterocycles. The summed E-state index contributed by atoms with van der Waals surface area (Å²) in [4.78, 5) is 47.9. The molecule has 0 aliphatic rings. The number of aromatic nitrogens is 2. The van der Waals surface area contributed by atoms with Gasteiger partial charge in [-0.3, -0.25) is 9.59 Å². The van der Waals surface area contributed by atoms with Crippen molar-refractivity contribution in [1.82, 2.24) is 10.4 Å². The summed E-state index contributed by atoms with van der Waals surface area (Å²) < 4.78 is 11.6. The average Bonchev–Trinajstić information content (AvgIpc) is 2.64. The van der Waals surface area contributed by atoms with Crippen LogP contribution in [0.5, 0.6) is 0 Å². The Bertz CT molecular complexity index is 710. The number of nitrogens with two attached hydrogens (primary N) is 1. The van der Waals surface area contributed by atoms with Gasteiger partial charge in [-0.15, -0.1) is 0 Å². The second-order valence-corrected chi connectivity index (χ2v) is 6.03. The van der Waals surface area contributed by atoms with Crippen LogP contribution in [-0.4, -0.2) is 47.6 Å². The number of esters is 2. The highest BCUT2D eigenvalue weighted by Crippen LogP contribution is 2.20. The van der Waals surface area contributed by atoms with Crippen molar-refractivity contribution in [2.75, 3.05) is 13.2 Å². The topological polar surface area (TPSA) is 142 Å². The minimum atomic E-state index is -1.90. The van der Waals surface area contributed by atoms with E-state index in [1.54, 1.807) is 13.8 Å². The predicted molar refractivity (Wildman–Crippen MR) is 96.6 cm³/mol. The van der Waals surface area contributed by atoms with Crippen molar-refractivity contribution < 1.29 is 57.3 Å². The van der Waals surface area contributed by atoms with Gasteiger partial charge in [-0.25, -0.2) is 9.59 Å². The molecule has 10 nitrogen and oxygen atoms in total. The van der Waals surface area contributed by atoms with Gasteiger partial charge in [-0.05, 0) is 37.9 Å². The van der Waals surface area contributed by atoms with Crippen molar-refractivity contribution in [3.63, 3.8) is 0 Å². The zero-order chi connectivity index (χ0) is 21.2. The minimum absolute atomic E-state index is 0. The minimum Gasteiger partial charge on any atom is -1.00 e. The van der Waals surface area contributed by atoms with Crippen LogP contribution in [0.1, 0.15) is 50.4 Å². The first-order chi connectivity index (χ1) is 13.3. The summed E-state index contributed by atoms with van der Waals surface area (Å²) in [7, 11) is 0. The second-order valence-electron chi connectivity index (χ2n) is 6.03. The number of hydrogen-bond donors (Lipinski definition) is 2. The first kappa shape index (κ1) is 26.7. The highest BCUT2D eigenvalue weighted by Gasteiger charge is 2.49. The Morgan fingerprint density at radius 2 is 1.72 bits per heavy atom. The maximum Gasteiger partial charge on any atom is 0.343 e. The molecule has 3 N–H and O–H groups in total. The molecule has 0 radical (unpaired) electrons. The third-order valence-electron chi connectivity index (χ3n) is 3.87. The number of primary amides is 1. The van der Waals surface area contributed by atoms with Crippen LogP contribution < -0.4 is 39.7 Å². The van der Waals surface area contributed by atoms with Crippen LogP contribution in [0.3, 0.4) is 0 Å². The molecule has 0 bridgehead atoms. The second kappa shape index (κ2) is 13.0. The molecule has 0 aliphatic carbocycles. The summed E-state index contributed by atoms with van der Waals surface area (Å²) in [5.41, 5.74) is 3.66. The fourth-order valence-electron chi connectivity index (χ4n) is 2.63. The summed E-state index contributed by atoms with van der Waals surface area (Å²) >= 11 is 0. The van der Waals surface area contributed by atoms with Crippen molar-refractivity contribution in [1.29, 1.82) is 0 Å². The fourth-order valence-corrected chi connectivity index (χ4v) is 2.63. The number of nitrogens with one attached hydrogen (secondary N) is 1. The van der Waals surface area contributed by atoms with E-state index in [2.05, 4.69) is 10.4 Å². The molecule has 0 saturated heterocycles. The van der Waals surface area contributed by atoms with Crippen molar-refractivity contribution >= 4 is 23.8 Å². The van der Waals surface area contributed by atoms with Gasteiger partial charge >= 0.3 is 11.9 Å². The van der Waals surface area contributed by atoms with Gasteiger partial charge in [0, 0.05) is 13.3 Å². The molecular weight excluding hydrogens is 495 g/mol. The zero-order valence-corrected chi connectivity index (χ0v) is 18.9. The van der Waals surface area contributed by atoms with E-state index in [-0.39, 0.29) is 43.6 Å². The number of rotatable bonds is 11. The molecule has 1 aromatic rings. The van der Waals surface area contributed by atoms with Gasteiger partial charge < -0.3 is 44.5 Å². The van der Waals surface area contributed by atoms with Crippen LogP contribution in [-0.2, 0) is 30.4 Å². The quantitative estimate of drug-likeness (QED) is 0.102. The van der Waals surface area contributed by atoms with E-state index in [0.29, 0.717) is 24.9 Å². The molecule has 0 spiro atoms. The highest BCUT2D eigenvalue weighted by molar-refractivity contribution is 6.07. The first-order valence-electron chi connectivity index (χ1n) is 9.05. The van der Waals surface area contributed by atoms with Crippen molar-refractivity contribution in [3.8, 4) is 0 Å². The van der Waals surface area contributed by atoms with E-state index in [1.807, 2.05) is 0 Å². The summed E-state index contributed by atoms with van der Waals surface area (Å²) in [6.45, 7) is 4.95. The molecule has 162 valence electrons. The number of hydrogen-bond acceptors (Lipinski definition) is 7. The van der Waals surface area contributed by atoms with E-state index in [0.717, 1.165) is 0 Å². The van der Waals surface area contributed by atoms with E-state index in [4.69, 9.17) is 15.2 Å². The highest BCUT2D eigenvalue weighted by atomic mass is 127. The maximum absolute atomic E-state index is 12.5. The molecule has 1 heterocycles. The standard InChI is InChI=1S/C18H26N4O6.HI/c1-4-27-16(25)18(21-13(3)23,17(26)28-5-2)9-6-7-11-22-12-14(15(19)24)8-10-20-22;/h8,10,12H,4-7,9,11H2,1-3H3,(H2-,19,21,23,24);1H. The van der Waals surface area contributed by atoms with Crippen LogP contribution in [0.15, 0.2) is 18.5 Å². The summed E-state index contributed by atoms with van der Waals surface area (Å²) in [5, 5.41) is 6.50. The van der Waals surface area contributed by atoms with Gasteiger partial charge in [0.2, 0.25) is 17.6 Å². The fraction of sp³-hybridized carbons (Fsp3) is 0.556. The van der Waals surface area contributed by atoms with Crippen molar-refractivity contribution in [2.24, 2.45) is 5.73 Å². The lowest BCUT2D eigenvalue weighted by Gasteiger charge is -2.29. The molecule has 29 heavy (non-hydrogen) atoms. The van der Waals surface area contributed by atoms with Crippen LogP contribution in [0.4, 0.5) is 0 Å². The normalized spacial score (nSPS) is 10.4. The number of nitrogens with zero attached hydrogens (tertiary/aromatic N) is 2. The first-order valence-corrected chi connectivity index (χ1v) is 9.05. The van der Waals surface area contributed by atoms with Crippen molar-refractivity contribution in [2.45, 2.75) is 52.1 Å². The number of halogens is 1.